The van der Waals surface area contributed by atoms with Gasteiger partial charge in [-0.3, -0.25) is 4.79 Å². The van der Waals surface area contributed by atoms with Crippen LogP contribution in [0.2, 0.25) is 0 Å². The molecule has 4 nitrogen and oxygen atoms in total. The Kier molecular flexibility index (Phi) is 6.74. The lowest BCUT2D eigenvalue weighted by molar-refractivity contribution is -0.117. The third-order valence-electron chi connectivity index (χ3n) is 6.56. The molecule has 4 heteroatoms. The first-order chi connectivity index (χ1) is 15.1. The van der Waals surface area contributed by atoms with Crippen LogP contribution in [0.3, 0.4) is 0 Å². The van der Waals surface area contributed by atoms with Crippen molar-refractivity contribution in [1.29, 1.82) is 0 Å². The van der Waals surface area contributed by atoms with Crippen molar-refractivity contribution in [3.63, 3.8) is 0 Å². The summed E-state index contributed by atoms with van der Waals surface area (Å²) in [4.78, 5) is 20.0. The molecule has 1 fully saturated rings. The molecule has 2 aromatic carbocycles. The van der Waals surface area contributed by atoms with Crippen molar-refractivity contribution in [3.8, 4) is 0 Å². The summed E-state index contributed by atoms with van der Waals surface area (Å²) in [6.07, 6.45) is 8.20. The van der Waals surface area contributed by atoms with Crippen molar-refractivity contribution < 1.29 is 4.79 Å². The quantitative estimate of drug-likeness (QED) is 0.371. The average Bonchev–Trinajstić information content (AvgIpc) is 3.33. The molecule has 1 saturated heterocycles. The maximum Gasteiger partial charge on any atom is 0.227 e. The predicted molar refractivity (Wildman–Crippen MR) is 129 cm³/mol. The predicted octanol–water partition coefficient (Wildman–Crippen LogP) is 6.53. The van der Waals surface area contributed by atoms with Crippen LogP contribution in [0.5, 0.6) is 0 Å². The molecule has 0 saturated carbocycles. The summed E-state index contributed by atoms with van der Waals surface area (Å²) in [5, 5.41) is 0. The van der Waals surface area contributed by atoms with Crippen molar-refractivity contribution in [2.24, 2.45) is 0 Å². The number of benzene rings is 2. The number of aromatic nitrogens is 2. The number of carbonyl (C=O) groups excluding carboxylic acids is 1. The smallest absolute Gasteiger partial charge is 0.227 e. The van der Waals surface area contributed by atoms with Crippen LogP contribution in [-0.4, -0.2) is 22.0 Å². The molecule has 0 aliphatic carbocycles. The second-order valence-electron chi connectivity index (χ2n) is 9.07. The Morgan fingerprint density at radius 1 is 1.00 bits per heavy atom. The van der Waals surface area contributed by atoms with Gasteiger partial charge in [-0.1, -0.05) is 63.3 Å². The zero-order chi connectivity index (χ0) is 21.8. The average molecular weight is 418 g/mol. The Hall–Kier alpha value is -2.62. The Bertz CT molecular complexity index is 1050. The number of nitrogens with zero attached hydrogens (tertiary/aromatic N) is 3. The fourth-order valence-electron chi connectivity index (χ4n) is 4.81. The molecule has 3 aromatic rings. The third-order valence-corrected chi connectivity index (χ3v) is 6.56. The van der Waals surface area contributed by atoms with Gasteiger partial charge in [-0.05, 0) is 49.6 Å². The molecule has 1 unspecified atom stereocenters. The van der Waals surface area contributed by atoms with Gasteiger partial charge in [-0.2, -0.15) is 0 Å². The summed E-state index contributed by atoms with van der Waals surface area (Å²) in [6.45, 7) is 8.12. The Labute approximate surface area is 186 Å². The van der Waals surface area contributed by atoms with Gasteiger partial charge in [0.1, 0.15) is 5.82 Å². The normalized spacial score (nSPS) is 16.5. The van der Waals surface area contributed by atoms with Crippen molar-refractivity contribution in [3.05, 3.63) is 59.4 Å². The molecule has 1 amide bonds. The standard InChI is InChI=1S/C27H35N3O/c1-4-5-6-7-8-11-16-29-24-13-10-9-12-23(24)28-27(29)22-18-26(31)30(19-22)25-17-20(2)14-15-21(25)3/h9-10,12-15,17,22H,4-8,11,16,18-19H2,1-3H3. The summed E-state index contributed by atoms with van der Waals surface area (Å²) < 4.78 is 2.39. The van der Waals surface area contributed by atoms with Crippen LogP contribution in [0.25, 0.3) is 11.0 Å². The van der Waals surface area contributed by atoms with Gasteiger partial charge in [0.05, 0.1) is 11.0 Å². The van der Waals surface area contributed by atoms with E-state index in [0.717, 1.165) is 29.1 Å². The highest BCUT2D eigenvalue weighted by Crippen LogP contribution is 2.35. The molecule has 0 bridgehead atoms. The highest BCUT2D eigenvalue weighted by atomic mass is 16.2. The number of hydrogen-bond acceptors (Lipinski definition) is 2. The van der Waals surface area contributed by atoms with E-state index in [1.165, 1.54) is 49.6 Å². The molecule has 1 aliphatic heterocycles. The van der Waals surface area contributed by atoms with Gasteiger partial charge in [0.2, 0.25) is 5.91 Å². The molecule has 31 heavy (non-hydrogen) atoms. The van der Waals surface area contributed by atoms with Gasteiger partial charge in [0.15, 0.2) is 0 Å². The number of imidazole rings is 1. The SMILES string of the molecule is CCCCCCCCn1c(C2CC(=O)N(c3cc(C)ccc3C)C2)nc2ccccc21. The molecule has 1 aromatic heterocycles. The number of fused-ring (bicyclic) bond motifs is 1. The molecule has 0 spiro atoms. The molecular weight excluding hydrogens is 382 g/mol. The highest BCUT2D eigenvalue weighted by Gasteiger charge is 2.35. The largest absolute Gasteiger partial charge is 0.328 e. The fraction of sp³-hybridized carbons (Fsp3) is 0.481. The van der Waals surface area contributed by atoms with E-state index in [1.54, 1.807) is 0 Å². The second kappa shape index (κ2) is 9.67. The van der Waals surface area contributed by atoms with Gasteiger partial charge >= 0.3 is 0 Å². The molecule has 1 aliphatic rings. The Morgan fingerprint density at radius 2 is 1.77 bits per heavy atom. The number of amides is 1. The van der Waals surface area contributed by atoms with E-state index >= 15 is 0 Å². The Balaban J connectivity index is 1.56. The van der Waals surface area contributed by atoms with Crippen LogP contribution in [0.1, 0.15) is 74.7 Å². The lowest BCUT2D eigenvalue weighted by Gasteiger charge is -2.20. The molecule has 164 valence electrons. The zero-order valence-corrected chi connectivity index (χ0v) is 19.2. The zero-order valence-electron chi connectivity index (χ0n) is 19.2. The lowest BCUT2D eigenvalue weighted by Crippen LogP contribution is -2.25. The highest BCUT2D eigenvalue weighted by molar-refractivity contribution is 5.97. The summed E-state index contributed by atoms with van der Waals surface area (Å²) in [6, 6.07) is 14.8. The summed E-state index contributed by atoms with van der Waals surface area (Å²) in [7, 11) is 0. The summed E-state index contributed by atoms with van der Waals surface area (Å²) >= 11 is 0. The lowest BCUT2D eigenvalue weighted by atomic mass is 10.1. The van der Waals surface area contributed by atoms with E-state index in [0.29, 0.717) is 13.0 Å². The minimum absolute atomic E-state index is 0.139. The van der Waals surface area contributed by atoms with Crippen LogP contribution in [0.15, 0.2) is 42.5 Å². The second-order valence-corrected chi connectivity index (χ2v) is 9.07. The Morgan fingerprint density at radius 3 is 2.61 bits per heavy atom. The number of rotatable bonds is 9. The van der Waals surface area contributed by atoms with E-state index in [-0.39, 0.29) is 11.8 Å². The minimum atomic E-state index is 0.139. The van der Waals surface area contributed by atoms with E-state index < -0.39 is 0 Å². The van der Waals surface area contributed by atoms with Gasteiger partial charge in [0, 0.05) is 31.1 Å². The van der Waals surface area contributed by atoms with Gasteiger partial charge in [0.25, 0.3) is 0 Å². The first-order valence-electron chi connectivity index (χ1n) is 11.9. The van der Waals surface area contributed by atoms with E-state index in [1.807, 2.05) is 4.90 Å². The first-order valence-corrected chi connectivity index (χ1v) is 11.9. The van der Waals surface area contributed by atoms with Gasteiger partial charge in [-0.25, -0.2) is 4.98 Å². The fourth-order valence-corrected chi connectivity index (χ4v) is 4.81. The van der Waals surface area contributed by atoms with Crippen LogP contribution in [-0.2, 0) is 11.3 Å². The molecule has 0 N–H and O–H groups in total. The number of anilines is 1. The number of unbranched alkanes of at least 4 members (excludes halogenated alkanes) is 5. The van der Waals surface area contributed by atoms with Crippen molar-refractivity contribution in [1.82, 2.24) is 9.55 Å². The molecule has 0 radical (unpaired) electrons. The topological polar surface area (TPSA) is 38.1 Å². The summed E-state index contributed by atoms with van der Waals surface area (Å²) in [5.41, 5.74) is 5.63. The third kappa shape index (κ3) is 4.68. The molecule has 2 heterocycles. The number of hydrogen-bond donors (Lipinski definition) is 0. The molecular formula is C27H35N3O. The first kappa shape index (κ1) is 21.6. The van der Waals surface area contributed by atoms with E-state index in [4.69, 9.17) is 4.98 Å². The van der Waals surface area contributed by atoms with Crippen LogP contribution < -0.4 is 4.90 Å². The van der Waals surface area contributed by atoms with Crippen LogP contribution >= 0.6 is 0 Å². The minimum Gasteiger partial charge on any atom is -0.328 e. The van der Waals surface area contributed by atoms with Crippen LogP contribution in [0, 0.1) is 13.8 Å². The van der Waals surface area contributed by atoms with E-state index in [9.17, 15) is 4.79 Å². The van der Waals surface area contributed by atoms with Crippen molar-refractivity contribution in [2.75, 3.05) is 11.4 Å². The van der Waals surface area contributed by atoms with Crippen molar-refractivity contribution >= 4 is 22.6 Å². The maximum atomic E-state index is 13.0. The molecule has 4 rings (SSSR count). The number of para-hydroxylation sites is 2. The van der Waals surface area contributed by atoms with E-state index in [2.05, 4.69) is 67.8 Å². The summed E-state index contributed by atoms with van der Waals surface area (Å²) in [5.74, 6) is 1.42. The molecule has 1 atom stereocenters. The van der Waals surface area contributed by atoms with Gasteiger partial charge in [-0.15, -0.1) is 0 Å². The van der Waals surface area contributed by atoms with Crippen molar-refractivity contribution in [2.45, 2.75) is 78.2 Å². The number of aryl methyl sites for hydroxylation is 3. The van der Waals surface area contributed by atoms with Gasteiger partial charge < -0.3 is 9.47 Å². The monoisotopic (exact) mass is 417 g/mol. The van der Waals surface area contributed by atoms with Crippen LogP contribution in [0.4, 0.5) is 5.69 Å². The maximum absolute atomic E-state index is 13.0. The number of carbonyl (C=O) groups is 1.